The second-order valence-corrected chi connectivity index (χ2v) is 9.35. The van der Waals surface area contributed by atoms with E-state index in [-0.39, 0.29) is 30.0 Å². The van der Waals surface area contributed by atoms with Gasteiger partial charge < -0.3 is 19.7 Å². The molecule has 2 saturated heterocycles. The summed E-state index contributed by atoms with van der Waals surface area (Å²) in [5.41, 5.74) is 2.46. The van der Waals surface area contributed by atoms with Gasteiger partial charge in [-0.1, -0.05) is 0 Å². The summed E-state index contributed by atoms with van der Waals surface area (Å²) in [5, 5.41) is 12.4. The first-order valence-electron chi connectivity index (χ1n) is 11.6. The summed E-state index contributed by atoms with van der Waals surface area (Å²) in [7, 11) is 0. The van der Waals surface area contributed by atoms with Crippen molar-refractivity contribution < 1.29 is 14.3 Å². The monoisotopic (exact) mass is 449 g/mol. The first-order valence-corrected chi connectivity index (χ1v) is 11.6. The molecule has 3 fully saturated rings. The van der Waals surface area contributed by atoms with Gasteiger partial charge in [0.05, 0.1) is 36.2 Å². The van der Waals surface area contributed by atoms with Crippen molar-refractivity contribution in [2.75, 3.05) is 23.4 Å². The lowest BCUT2D eigenvalue weighted by atomic mass is 9.87. The molecular formula is C23H27N7O3. The third kappa shape index (κ3) is 3.49. The topological polar surface area (TPSA) is 107 Å². The Morgan fingerprint density at radius 1 is 1.21 bits per heavy atom. The maximum atomic E-state index is 13.6. The molecule has 10 nitrogen and oxygen atoms in total. The van der Waals surface area contributed by atoms with E-state index in [1.807, 2.05) is 24.0 Å². The first kappa shape index (κ1) is 20.3. The van der Waals surface area contributed by atoms with Gasteiger partial charge >= 0.3 is 0 Å². The van der Waals surface area contributed by atoms with E-state index in [0.717, 1.165) is 50.6 Å². The number of aromatic nitrogens is 5. The third-order valence-electron chi connectivity index (χ3n) is 7.25. The number of rotatable bonds is 5. The van der Waals surface area contributed by atoms with E-state index in [1.165, 1.54) is 0 Å². The summed E-state index contributed by atoms with van der Waals surface area (Å²) in [4.78, 5) is 31.2. The van der Waals surface area contributed by atoms with Gasteiger partial charge in [-0.3, -0.25) is 9.48 Å². The smallest absolute Gasteiger partial charge is 0.263 e. The fourth-order valence-corrected chi connectivity index (χ4v) is 5.42. The van der Waals surface area contributed by atoms with Crippen molar-refractivity contribution in [3.8, 4) is 0 Å². The van der Waals surface area contributed by atoms with E-state index in [0.29, 0.717) is 29.3 Å². The Morgan fingerprint density at radius 2 is 2.06 bits per heavy atom. The molecule has 3 aliphatic rings. The maximum absolute atomic E-state index is 13.6. The quantitative estimate of drug-likeness (QED) is 0.596. The number of hydrogen-bond acceptors (Lipinski definition) is 7. The molecule has 1 N–H and O–H groups in total. The predicted octanol–water partition coefficient (Wildman–Crippen LogP) is 2.39. The summed E-state index contributed by atoms with van der Waals surface area (Å²) in [6.07, 6.45) is 11.2. The van der Waals surface area contributed by atoms with E-state index < -0.39 is 0 Å². The summed E-state index contributed by atoms with van der Waals surface area (Å²) in [5.74, 6) is 0.568. The lowest BCUT2D eigenvalue weighted by Crippen LogP contribution is -2.38. The number of aryl methyl sites for hydroxylation is 1. The van der Waals surface area contributed by atoms with E-state index >= 15 is 0 Å². The zero-order valence-corrected chi connectivity index (χ0v) is 18.6. The van der Waals surface area contributed by atoms with Crippen molar-refractivity contribution in [2.45, 2.75) is 57.2 Å². The van der Waals surface area contributed by atoms with Crippen molar-refractivity contribution >= 4 is 29.3 Å². The lowest BCUT2D eigenvalue weighted by Gasteiger charge is -2.27. The van der Waals surface area contributed by atoms with Crippen LogP contribution in [-0.2, 0) is 9.53 Å². The molecule has 2 aliphatic heterocycles. The normalized spacial score (nSPS) is 26.8. The highest BCUT2D eigenvalue weighted by Gasteiger charge is 2.42. The highest BCUT2D eigenvalue weighted by atomic mass is 16.5. The lowest BCUT2D eigenvalue weighted by molar-refractivity contribution is -0.112. The Labute approximate surface area is 190 Å². The predicted molar refractivity (Wildman–Crippen MR) is 120 cm³/mol. The number of carbonyl (C=O) groups excluding carboxylic acids is 2. The number of amides is 1. The van der Waals surface area contributed by atoms with E-state index in [4.69, 9.17) is 9.84 Å². The number of hydrogen-bond donors (Lipinski definition) is 1. The van der Waals surface area contributed by atoms with Gasteiger partial charge in [-0.25, -0.2) is 9.50 Å². The van der Waals surface area contributed by atoms with Crippen molar-refractivity contribution in [3.63, 3.8) is 0 Å². The summed E-state index contributed by atoms with van der Waals surface area (Å²) in [6.45, 7) is 3.29. The van der Waals surface area contributed by atoms with Crippen molar-refractivity contribution in [3.05, 3.63) is 35.9 Å². The molecule has 3 aromatic heterocycles. The highest BCUT2D eigenvalue weighted by molar-refractivity contribution is 6.12. The third-order valence-corrected chi connectivity index (χ3v) is 7.25. The zero-order chi connectivity index (χ0) is 22.5. The molecular weight excluding hydrogens is 422 g/mol. The van der Waals surface area contributed by atoms with Crippen LogP contribution in [0.15, 0.2) is 24.7 Å². The second-order valence-electron chi connectivity index (χ2n) is 9.35. The fourth-order valence-electron chi connectivity index (χ4n) is 5.42. The van der Waals surface area contributed by atoms with Gasteiger partial charge in [0.15, 0.2) is 11.5 Å². The average molecular weight is 450 g/mol. The number of nitrogens with one attached hydrogen (secondary N) is 1. The Balaban J connectivity index is 1.28. The minimum absolute atomic E-state index is 0.157. The molecule has 1 amide bonds. The van der Waals surface area contributed by atoms with Gasteiger partial charge in [0.25, 0.3) is 5.91 Å². The molecule has 0 unspecified atom stereocenters. The van der Waals surface area contributed by atoms with Crippen LogP contribution in [-0.4, -0.2) is 61.9 Å². The Hall–Kier alpha value is -3.27. The molecule has 0 radical (unpaired) electrons. The summed E-state index contributed by atoms with van der Waals surface area (Å²) >= 11 is 0. The van der Waals surface area contributed by atoms with Crippen LogP contribution in [0.2, 0.25) is 0 Å². The van der Waals surface area contributed by atoms with Crippen LogP contribution in [0.4, 0.5) is 11.5 Å². The molecule has 1 aliphatic carbocycles. The standard InChI is InChI=1S/C23H27N7O3/c1-14-19(11-30(26-14)16-5-3-15(12-31)4-6-16)25-23(32)20-21-24-7-2-8-29(21)27-22(20)28-10-18-9-17(28)13-33-18/h2,7-8,11-12,15-18H,3-6,9-10,13H2,1H3,(H,25,32)/t15?,16?,17-,18-/m1/s1. The van der Waals surface area contributed by atoms with E-state index in [1.54, 1.807) is 16.8 Å². The van der Waals surface area contributed by atoms with Gasteiger partial charge in [-0.2, -0.15) is 5.10 Å². The highest BCUT2D eigenvalue weighted by Crippen LogP contribution is 2.36. The van der Waals surface area contributed by atoms with Gasteiger partial charge in [0.2, 0.25) is 0 Å². The molecule has 6 rings (SSSR count). The van der Waals surface area contributed by atoms with Gasteiger partial charge in [0, 0.05) is 31.1 Å². The van der Waals surface area contributed by atoms with Crippen LogP contribution >= 0.6 is 0 Å². The van der Waals surface area contributed by atoms with Crippen LogP contribution in [0.1, 0.15) is 54.2 Å². The van der Waals surface area contributed by atoms with Crippen molar-refractivity contribution in [1.29, 1.82) is 0 Å². The molecule has 3 aromatic rings. The Morgan fingerprint density at radius 3 is 2.79 bits per heavy atom. The van der Waals surface area contributed by atoms with E-state index in [9.17, 15) is 9.59 Å². The summed E-state index contributed by atoms with van der Waals surface area (Å²) in [6, 6.07) is 2.29. The van der Waals surface area contributed by atoms with Crippen LogP contribution < -0.4 is 10.2 Å². The molecule has 10 heteroatoms. The second kappa shape index (κ2) is 7.95. The Bertz CT molecular complexity index is 1210. The number of fused-ring (bicyclic) bond motifs is 3. The molecule has 1 saturated carbocycles. The van der Waals surface area contributed by atoms with Crippen LogP contribution in [0.3, 0.4) is 0 Å². The van der Waals surface area contributed by atoms with Gasteiger partial charge in [-0.15, -0.1) is 5.10 Å². The number of morpholine rings is 1. The zero-order valence-electron chi connectivity index (χ0n) is 18.6. The van der Waals surface area contributed by atoms with Crippen molar-refractivity contribution in [1.82, 2.24) is 24.4 Å². The molecule has 33 heavy (non-hydrogen) atoms. The number of ether oxygens (including phenoxy) is 1. The Kier molecular flexibility index (Phi) is 4.90. The van der Waals surface area contributed by atoms with Gasteiger partial charge in [-0.05, 0) is 45.1 Å². The molecule has 0 aromatic carbocycles. The number of aldehydes is 1. The molecule has 172 valence electrons. The maximum Gasteiger partial charge on any atom is 0.263 e. The summed E-state index contributed by atoms with van der Waals surface area (Å²) < 4.78 is 9.35. The number of carbonyl (C=O) groups is 2. The molecule has 2 bridgehead atoms. The largest absolute Gasteiger partial charge is 0.374 e. The fraction of sp³-hybridized carbons (Fsp3) is 0.522. The van der Waals surface area contributed by atoms with Crippen LogP contribution in [0, 0.1) is 12.8 Å². The van der Waals surface area contributed by atoms with Gasteiger partial charge in [0.1, 0.15) is 11.8 Å². The van der Waals surface area contributed by atoms with Crippen LogP contribution in [0.5, 0.6) is 0 Å². The van der Waals surface area contributed by atoms with E-state index in [2.05, 4.69) is 20.3 Å². The van der Waals surface area contributed by atoms with Crippen LogP contribution in [0.25, 0.3) is 5.65 Å². The number of anilines is 2. The number of nitrogens with zero attached hydrogens (tertiary/aromatic N) is 6. The molecule has 5 heterocycles. The average Bonchev–Trinajstić information content (AvgIpc) is 3.62. The van der Waals surface area contributed by atoms with Crippen molar-refractivity contribution in [2.24, 2.45) is 5.92 Å². The minimum atomic E-state index is -0.241. The SMILES string of the molecule is Cc1nn(C2CCC(C=O)CC2)cc1NC(=O)c1c(N2C[C@H]3C[C@@H]2CO3)nn2cccnc12. The molecule has 2 atom stereocenters. The first-order chi connectivity index (χ1) is 16.1. The molecule has 0 spiro atoms. The minimum Gasteiger partial charge on any atom is -0.374 e.